The molecular weight excluding hydrogens is 246 g/mol. The first-order valence-electron chi connectivity index (χ1n) is 8.26. The lowest BCUT2D eigenvalue weighted by Gasteiger charge is -2.26. The topological polar surface area (TPSA) is 18.5 Å². The van der Waals surface area contributed by atoms with Crippen molar-refractivity contribution in [2.45, 2.75) is 38.1 Å². The van der Waals surface area contributed by atoms with Gasteiger partial charge in [-0.05, 0) is 69.0 Å². The van der Waals surface area contributed by atoms with Gasteiger partial charge in [0, 0.05) is 37.1 Å². The first kappa shape index (κ1) is 12.5. The smallest absolute Gasteiger partial charge is 0.0374 e. The Bertz CT molecular complexity index is 479. The number of aryl methyl sites for hydroxylation is 1. The van der Waals surface area contributed by atoms with E-state index < -0.39 is 0 Å². The minimum absolute atomic E-state index is 0.798. The van der Waals surface area contributed by atoms with Gasteiger partial charge in [0.15, 0.2) is 0 Å². The third-order valence-corrected chi connectivity index (χ3v) is 5.21. The number of rotatable bonds is 2. The maximum Gasteiger partial charge on any atom is 0.0374 e. The molecule has 0 spiro atoms. The van der Waals surface area contributed by atoms with Crippen LogP contribution in [0.15, 0.2) is 18.2 Å². The number of likely N-dealkylation sites (tertiary alicyclic amines) is 1. The molecule has 0 radical (unpaired) electrons. The Kier molecular flexibility index (Phi) is 3.31. The number of hydrogen-bond acceptors (Lipinski definition) is 3. The minimum Gasteiger partial charge on any atom is -0.385 e. The molecule has 2 saturated heterocycles. The zero-order valence-electron chi connectivity index (χ0n) is 12.3. The van der Waals surface area contributed by atoms with Crippen LogP contribution in [0.3, 0.4) is 0 Å². The van der Waals surface area contributed by atoms with Crippen LogP contribution >= 0.6 is 0 Å². The number of nitrogens with zero attached hydrogens (tertiary/aromatic N) is 2. The Labute approximate surface area is 121 Å². The van der Waals surface area contributed by atoms with Crippen LogP contribution in [0.25, 0.3) is 0 Å². The fourth-order valence-corrected chi connectivity index (χ4v) is 4.04. The first-order chi connectivity index (χ1) is 9.90. The van der Waals surface area contributed by atoms with Gasteiger partial charge in [-0.1, -0.05) is 0 Å². The van der Waals surface area contributed by atoms with Crippen molar-refractivity contribution in [1.82, 2.24) is 4.90 Å². The highest BCUT2D eigenvalue weighted by Crippen LogP contribution is 2.30. The summed E-state index contributed by atoms with van der Waals surface area (Å²) < 4.78 is 0. The van der Waals surface area contributed by atoms with Crippen molar-refractivity contribution in [3.05, 3.63) is 23.8 Å². The number of fused-ring (bicyclic) bond motifs is 1. The summed E-state index contributed by atoms with van der Waals surface area (Å²) in [7, 11) is 0. The van der Waals surface area contributed by atoms with Gasteiger partial charge in [-0.25, -0.2) is 0 Å². The van der Waals surface area contributed by atoms with E-state index in [1.807, 2.05) is 0 Å². The molecule has 1 aromatic rings. The van der Waals surface area contributed by atoms with E-state index >= 15 is 0 Å². The average Bonchev–Trinajstić information content (AvgIpc) is 3.17. The molecule has 0 aliphatic carbocycles. The Morgan fingerprint density at radius 2 is 1.95 bits per heavy atom. The number of benzene rings is 1. The summed E-state index contributed by atoms with van der Waals surface area (Å²) in [4.78, 5) is 5.30. The van der Waals surface area contributed by atoms with Crippen LogP contribution in [0.4, 0.5) is 11.4 Å². The van der Waals surface area contributed by atoms with Crippen molar-refractivity contribution in [1.29, 1.82) is 0 Å². The summed E-state index contributed by atoms with van der Waals surface area (Å²) in [5.41, 5.74) is 4.31. The molecule has 2 fully saturated rings. The molecular formula is C17H25N3. The lowest BCUT2D eigenvalue weighted by Crippen LogP contribution is -2.35. The van der Waals surface area contributed by atoms with E-state index in [1.54, 1.807) is 0 Å². The molecule has 108 valence electrons. The van der Waals surface area contributed by atoms with E-state index in [0.717, 1.165) is 12.6 Å². The zero-order valence-corrected chi connectivity index (χ0v) is 12.3. The molecule has 1 atom stereocenters. The molecule has 20 heavy (non-hydrogen) atoms. The lowest BCUT2D eigenvalue weighted by molar-refractivity contribution is 0.260. The highest BCUT2D eigenvalue weighted by molar-refractivity contribution is 5.62. The van der Waals surface area contributed by atoms with Crippen molar-refractivity contribution >= 4 is 11.4 Å². The van der Waals surface area contributed by atoms with Crippen molar-refractivity contribution < 1.29 is 0 Å². The highest BCUT2D eigenvalue weighted by atomic mass is 15.3. The Morgan fingerprint density at radius 1 is 1.05 bits per heavy atom. The molecule has 0 amide bonds. The average molecular weight is 271 g/mol. The molecule has 3 heteroatoms. The fraction of sp³-hybridized carbons (Fsp3) is 0.647. The molecule has 1 unspecified atom stereocenters. The summed E-state index contributed by atoms with van der Waals surface area (Å²) in [6.45, 7) is 6.24. The third kappa shape index (κ3) is 2.28. The number of anilines is 2. The lowest BCUT2D eigenvalue weighted by atomic mass is 10.0. The van der Waals surface area contributed by atoms with Crippen molar-refractivity contribution in [3.8, 4) is 0 Å². The first-order valence-corrected chi connectivity index (χ1v) is 8.26. The number of hydrogen-bond donors (Lipinski definition) is 1. The normalized spacial score (nSPS) is 26.6. The second-order valence-electron chi connectivity index (χ2n) is 6.50. The predicted molar refractivity (Wildman–Crippen MR) is 84.7 cm³/mol. The van der Waals surface area contributed by atoms with Crippen molar-refractivity contribution in [3.63, 3.8) is 0 Å². The maximum absolute atomic E-state index is 3.51. The van der Waals surface area contributed by atoms with E-state index in [-0.39, 0.29) is 0 Å². The van der Waals surface area contributed by atoms with Crippen LogP contribution in [0, 0.1) is 0 Å². The van der Waals surface area contributed by atoms with Crippen LogP contribution in [0.5, 0.6) is 0 Å². The summed E-state index contributed by atoms with van der Waals surface area (Å²) in [5.74, 6) is 0. The Morgan fingerprint density at radius 3 is 2.85 bits per heavy atom. The van der Waals surface area contributed by atoms with Gasteiger partial charge in [0.2, 0.25) is 0 Å². The van der Waals surface area contributed by atoms with Crippen LogP contribution in [0.1, 0.15) is 31.2 Å². The predicted octanol–water partition coefficient (Wildman–Crippen LogP) is 2.72. The van der Waals surface area contributed by atoms with Gasteiger partial charge in [0.05, 0.1) is 0 Å². The summed E-state index contributed by atoms with van der Waals surface area (Å²) >= 11 is 0. The highest BCUT2D eigenvalue weighted by Gasteiger charge is 2.29. The van der Waals surface area contributed by atoms with Gasteiger partial charge >= 0.3 is 0 Å². The minimum atomic E-state index is 0.798. The van der Waals surface area contributed by atoms with Gasteiger partial charge in [-0.3, -0.25) is 4.90 Å². The van der Waals surface area contributed by atoms with E-state index in [9.17, 15) is 0 Å². The summed E-state index contributed by atoms with van der Waals surface area (Å²) in [6.07, 6.45) is 6.66. The zero-order chi connectivity index (χ0) is 13.4. The molecule has 0 bridgehead atoms. The Balaban J connectivity index is 1.48. The van der Waals surface area contributed by atoms with Crippen LogP contribution in [-0.2, 0) is 6.42 Å². The summed E-state index contributed by atoms with van der Waals surface area (Å²) in [6, 6.07) is 7.82. The van der Waals surface area contributed by atoms with Gasteiger partial charge in [-0.2, -0.15) is 0 Å². The van der Waals surface area contributed by atoms with Gasteiger partial charge in [0.1, 0.15) is 0 Å². The van der Waals surface area contributed by atoms with Crippen molar-refractivity contribution in [2.75, 3.05) is 42.9 Å². The van der Waals surface area contributed by atoms with Crippen LogP contribution < -0.4 is 10.2 Å². The maximum atomic E-state index is 3.51. The van der Waals surface area contributed by atoms with Crippen molar-refractivity contribution in [2.24, 2.45) is 0 Å². The molecule has 3 nitrogen and oxygen atoms in total. The Hall–Kier alpha value is -1.22. The van der Waals surface area contributed by atoms with Gasteiger partial charge in [0.25, 0.3) is 0 Å². The SMILES string of the molecule is c1cc2c(cc1N1CCC(N3CCCC3)C1)CCCN2. The summed E-state index contributed by atoms with van der Waals surface area (Å²) in [5, 5.41) is 3.51. The molecule has 4 rings (SSSR count). The molecule has 3 aliphatic heterocycles. The quantitative estimate of drug-likeness (QED) is 0.892. The van der Waals surface area contributed by atoms with E-state index in [1.165, 1.54) is 75.2 Å². The van der Waals surface area contributed by atoms with Gasteiger partial charge in [-0.15, -0.1) is 0 Å². The molecule has 1 N–H and O–H groups in total. The second kappa shape index (κ2) is 5.28. The standard InChI is InChI=1S/C17H25N3/c1-2-10-19(9-1)16-7-11-20(13-16)15-5-6-17-14(12-15)4-3-8-18-17/h5-6,12,16,18H,1-4,7-11,13H2. The van der Waals surface area contributed by atoms with E-state index in [0.29, 0.717) is 0 Å². The van der Waals surface area contributed by atoms with Gasteiger partial charge < -0.3 is 10.2 Å². The van der Waals surface area contributed by atoms with E-state index in [4.69, 9.17) is 0 Å². The molecule has 1 aromatic carbocycles. The van der Waals surface area contributed by atoms with E-state index in [2.05, 4.69) is 33.3 Å². The molecule has 0 saturated carbocycles. The second-order valence-corrected chi connectivity index (χ2v) is 6.50. The molecule has 3 heterocycles. The number of nitrogens with one attached hydrogen (secondary N) is 1. The monoisotopic (exact) mass is 271 g/mol. The van der Waals surface area contributed by atoms with Crippen LogP contribution in [-0.4, -0.2) is 43.7 Å². The molecule has 3 aliphatic rings. The third-order valence-electron chi connectivity index (χ3n) is 5.21. The molecule has 0 aromatic heterocycles. The largest absolute Gasteiger partial charge is 0.385 e. The fourth-order valence-electron chi connectivity index (χ4n) is 4.04. The van der Waals surface area contributed by atoms with Crippen LogP contribution in [0.2, 0.25) is 0 Å².